The first kappa shape index (κ1) is 17.3. The topological polar surface area (TPSA) is 49.9 Å². The quantitative estimate of drug-likeness (QED) is 0.825. The fourth-order valence-electron chi connectivity index (χ4n) is 3.89. The summed E-state index contributed by atoms with van der Waals surface area (Å²) in [6.45, 7) is 5.45. The van der Waals surface area contributed by atoms with Gasteiger partial charge in [0.15, 0.2) is 0 Å². The van der Waals surface area contributed by atoms with Crippen molar-refractivity contribution in [1.82, 2.24) is 4.90 Å². The molecule has 1 heterocycles. The van der Waals surface area contributed by atoms with E-state index in [0.717, 1.165) is 19.3 Å². The number of amides is 2. The normalized spacial score (nSPS) is 27.1. The lowest BCUT2D eigenvalue weighted by molar-refractivity contribution is -0.123. The number of anilines is 1. The molecule has 6 heteroatoms. The first-order valence-corrected chi connectivity index (χ1v) is 9.35. The average molecular weight is 360 g/mol. The van der Waals surface area contributed by atoms with Crippen LogP contribution in [0.2, 0.25) is 0 Å². The van der Waals surface area contributed by atoms with Gasteiger partial charge in [-0.2, -0.15) is 0 Å². The summed E-state index contributed by atoms with van der Waals surface area (Å²) in [7, 11) is 0. The Kier molecular flexibility index (Phi) is 3.97. The Morgan fingerprint density at radius 1 is 1.19 bits per heavy atom. The van der Waals surface area contributed by atoms with E-state index in [4.69, 9.17) is 4.74 Å². The molecule has 0 radical (unpaired) electrons. The van der Waals surface area contributed by atoms with Gasteiger partial charge in [0, 0.05) is 12.1 Å². The summed E-state index contributed by atoms with van der Waals surface area (Å²) in [5.74, 6) is -0.228. The number of rotatable bonds is 3. The van der Waals surface area contributed by atoms with Gasteiger partial charge in [0.2, 0.25) is 5.91 Å². The number of benzene rings is 1. The van der Waals surface area contributed by atoms with Crippen LogP contribution in [0.3, 0.4) is 0 Å². The van der Waals surface area contributed by atoms with Crippen molar-refractivity contribution >= 4 is 17.7 Å². The van der Waals surface area contributed by atoms with Crippen molar-refractivity contribution in [2.45, 2.75) is 70.2 Å². The third kappa shape index (κ3) is 3.17. The first-order chi connectivity index (χ1) is 12.3. The molecule has 3 fully saturated rings. The fraction of sp³-hybridized carbons (Fsp3) is 0.600. The highest BCUT2D eigenvalue weighted by molar-refractivity contribution is 6.00. The summed E-state index contributed by atoms with van der Waals surface area (Å²) in [5, 5.41) is 0. The minimum atomic E-state index is -0.612. The van der Waals surface area contributed by atoms with Crippen molar-refractivity contribution in [3.63, 3.8) is 0 Å². The average Bonchev–Trinajstić information content (AvgIpc) is 3.47. The van der Waals surface area contributed by atoms with Gasteiger partial charge in [-0.05, 0) is 64.5 Å². The Balaban J connectivity index is 1.59. The Bertz CT molecular complexity index is 741. The van der Waals surface area contributed by atoms with Crippen molar-refractivity contribution in [3.8, 4) is 0 Å². The Morgan fingerprint density at radius 2 is 1.88 bits per heavy atom. The molecule has 1 aromatic rings. The van der Waals surface area contributed by atoms with Crippen molar-refractivity contribution in [2.75, 3.05) is 4.90 Å². The summed E-state index contributed by atoms with van der Waals surface area (Å²) in [6.07, 6.45) is 2.86. The van der Waals surface area contributed by atoms with Gasteiger partial charge < -0.3 is 9.64 Å². The summed E-state index contributed by atoms with van der Waals surface area (Å²) in [5.41, 5.74) is -0.302. The van der Waals surface area contributed by atoms with E-state index in [1.165, 1.54) is 6.07 Å². The molecule has 3 atom stereocenters. The molecule has 1 aromatic carbocycles. The predicted octanol–water partition coefficient (Wildman–Crippen LogP) is 3.72. The molecule has 1 aliphatic heterocycles. The minimum absolute atomic E-state index is 0.0248. The summed E-state index contributed by atoms with van der Waals surface area (Å²) >= 11 is 0. The number of carbonyl (C=O) groups is 2. The Hall–Kier alpha value is -2.11. The molecule has 0 unspecified atom stereocenters. The molecular formula is C20H25FN2O3. The van der Waals surface area contributed by atoms with Crippen LogP contribution in [0, 0.1) is 11.7 Å². The zero-order valence-electron chi connectivity index (χ0n) is 15.4. The molecule has 4 rings (SSSR count). The van der Waals surface area contributed by atoms with Gasteiger partial charge in [-0.25, -0.2) is 9.18 Å². The monoisotopic (exact) mass is 360 g/mol. The van der Waals surface area contributed by atoms with Gasteiger partial charge in [0.05, 0.1) is 5.69 Å². The third-order valence-electron chi connectivity index (χ3n) is 5.26. The molecule has 2 aliphatic carbocycles. The van der Waals surface area contributed by atoms with Crippen LogP contribution in [0.5, 0.6) is 0 Å². The molecule has 2 saturated carbocycles. The number of hydrogen-bond donors (Lipinski definition) is 0. The van der Waals surface area contributed by atoms with Crippen LogP contribution in [0.4, 0.5) is 14.9 Å². The molecule has 0 spiro atoms. The van der Waals surface area contributed by atoms with Crippen LogP contribution in [-0.4, -0.2) is 40.6 Å². The first-order valence-electron chi connectivity index (χ1n) is 9.35. The van der Waals surface area contributed by atoms with Gasteiger partial charge in [-0.3, -0.25) is 9.69 Å². The van der Waals surface area contributed by atoms with Crippen LogP contribution in [0.25, 0.3) is 0 Å². The highest BCUT2D eigenvalue weighted by Crippen LogP contribution is 2.49. The maximum absolute atomic E-state index is 14.3. The number of nitrogens with zero attached hydrogens (tertiary/aromatic N) is 2. The van der Waals surface area contributed by atoms with Gasteiger partial charge >= 0.3 is 6.09 Å². The highest BCUT2D eigenvalue weighted by atomic mass is 19.1. The van der Waals surface area contributed by atoms with Crippen LogP contribution in [0.15, 0.2) is 24.3 Å². The summed E-state index contributed by atoms with van der Waals surface area (Å²) in [4.78, 5) is 29.2. The zero-order chi connectivity index (χ0) is 18.6. The molecule has 0 aromatic heterocycles. The SMILES string of the molecule is CC(C)(C)OC(=O)N1[C@@H]2C[C@@H]2C[C@H]1C(=O)N(c1ccccc1F)C1CC1. The molecule has 26 heavy (non-hydrogen) atoms. The number of piperidine rings is 1. The molecule has 0 N–H and O–H groups in total. The summed E-state index contributed by atoms with van der Waals surface area (Å²) < 4.78 is 19.9. The van der Waals surface area contributed by atoms with Crippen molar-refractivity contribution in [3.05, 3.63) is 30.1 Å². The Morgan fingerprint density at radius 3 is 2.50 bits per heavy atom. The molecule has 140 valence electrons. The highest BCUT2D eigenvalue weighted by Gasteiger charge is 2.58. The lowest BCUT2D eigenvalue weighted by Crippen LogP contribution is -2.51. The van der Waals surface area contributed by atoms with E-state index in [1.807, 2.05) is 20.8 Å². The standard InChI is InChI=1S/C20H25FN2O3/c1-20(2,3)26-19(25)23-16-10-12(16)11-17(23)18(24)22(13-8-9-13)15-7-5-4-6-14(15)21/h4-7,12-13,16-17H,8-11H2,1-3H3/t12-,16-,17+/m1/s1. The van der Waals surface area contributed by atoms with Crippen LogP contribution >= 0.6 is 0 Å². The smallest absolute Gasteiger partial charge is 0.411 e. The number of carbonyl (C=O) groups excluding carboxylic acids is 2. The van der Waals surface area contributed by atoms with Gasteiger partial charge in [0.25, 0.3) is 0 Å². The van der Waals surface area contributed by atoms with E-state index in [1.54, 1.807) is 28.0 Å². The van der Waals surface area contributed by atoms with Crippen LogP contribution < -0.4 is 4.90 Å². The van der Waals surface area contributed by atoms with E-state index < -0.39 is 23.6 Å². The van der Waals surface area contributed by atoms with Gasteiger partial charge in [-0.15, -0.1) is 0 Å². The van der Waals surface area contributed by atoms with Crippen LogP contribution in [-0.2, 0) is 9.53 Å². The number of ether oxygens (including phenoxy) is 1. The van der Waals surface area contributed by atoms with Crippen molar-refractivity contribution in [2.24, 2.45) is 5.92 Å². The molecule has 2 amide bonds. The molecule has 5 nitrogen and oxygen atoms in total. The van der Waals surface area contributed by atoms with Gasteiger partial charge in [-0.1, -0.05) is 12.1 Å². The molecular weight excluding hydrogens is 335 g/mol. The lowest BCUT2D eigenvalue weighted by Gasteiger charge is -2.33. The number of para-hydroxylation sites is 1. The minimum Gasteiger partial charge on any atom is -0.444 e. The van der Waals surface area contributed by atoms with Crippen molar-refractivity contribution in [1.29, 1.82) is 0 Å². The molecule has 3 aliphatic rings. The lowest BCUT2D eigenvalue weighted by atomic mass is 10.1. The predicted molar refractivity (Wildman–Crippen MR) is 95.3 cm³/mol. The van der Waals surface area contributed by atoms with Crippen LogP contribution in [0.1, 0.15) is 46.5 Å². The number of fused-ring (bicyclic) bond motifs is 1. The second-order valence-corrected chi connectivity index (χ2v) is 8.59. The molecule has 1 saturated heterocycles. The van der Waals surface area contributed by atoms with E-state index >= 15 is 0 Å². The zero-order valence-corrected chi connectivity index (χ0v) is 15.4. The molecule has 0 bridgehead atoms. The second-order valence-electron chi connectivity index (χ2n) is 8.59. The van der Waals surface area contributed by atoms with E-state index in [-0.39, 0.29) is 18.0 Å². The van der Waals surface area contributed by atoms with E-state index in [2.05, 4.69) is 0 Å². The van der Waals surface area contributed by atoms with E-state index in [0.29, 0.717) is 18.0 Å². The summed E-state index contributed by atoms with van der Waals surface area (Å²) in [6, 6.07) is 5.91. The van der Waals surface area contributed by atoms with Gasteiger partial charge in [0.1, 0.15) is 17.5 Å². The third-order valence-corrected chi connectivity index (χ3v) is 5.26. The number of hydrogen-bond acceptors (Lipinski definition) is 3. The largest absolute Gasteiger partial charge is 0.444 e. The maximum Gasteiger partial charge on any atom is 0.411 e. The maximum atomic E-state index is 14.3. The Labute approximate surface area is 153 Å². The van der Waals surface area contributed by atoms with Crippen molar-refractivity contribution < 1.29 is 18.7 Å². The fourth-order valence-corrected chi connectivity index (χ4v) is 3.89. The number of likely N-dealkylation sites (tertiary alicyclic amines) is 1. The second kappa shape index (κ2) is 5.96. The van der Waals surface area contributed by atoms with E-state index in [9.17, 15) is 14.0 Å². The number of halogens is 1.